The van der Waals surface area contributed by atoms with Crippen LogP contribution < -0.4 is 0 Å². The van der Waals surface area contributed by atoms with E-state index in [0.29, 0.717) is 11.7 Å². The summed E-state index contributed by atoms with van der Waals surface area (Å²) in [5.41, 5.74) is 1.86. The van der Waals surface area contributed by atoms with Gasteiger partial charge in [0.05, 0.1) is 0 Å². The fourth-order valence-electron chi connectivity index (χ4n) is 4.66. The molecule has 0 aromatic carbocycles. The highest BCUT2D eigenvalue weighted by atomic mass is 16.1. The standard InChI is InChI=1S/C15H22O/c1-10-5-6-11-13(2,3)14(4)7-8-15(10,11)9-12(14)16/h6,10H,5,7-9H2,1-4H3/t10?,14-,15+/m0/s1. The second kappa shape index (κ2) is 2.63. The van der Waals surface area contributed by atoms with Crippen LogP contribution in [0.1, 0.15) is 53.4 Å². The first kappa shape index (κ1) is 10.6. The summed E-state index contributed by atoms with van der Waals surface area (Å²) >= 11 is 0. The molecule has 2 bridgehead atoms. The van der Waals surface area contributed by atoms with Crippen molar-refractivity contribution in [1.82, 2.24) is 0 Å². The monoisotopic (exact) mass is 218 g/mol. The van der Waals surface area contributed by atoms with Crippen LogP contribution >= 0.6 is 0 Å². The lowest BCUT2D eigenvalue weighted by atomic mass is 9.41. The van der Waals surface area contributed by atoms with Crippen LogP contribution in [0.4, 0.5) is 0 Å². The third-order valence-electron chi connectivity index (χ3n) is 6.37. The van der Waals surface area contributed by atoms with Gasteiger partial charge in [-0.15, -0.1) is 0 Å². The van der Waals surface area contributed by atoms with E-state index in [4.69, 9.17) is 0 Å². The van der Waals surface area contributed by atoms with E-state index in [1.54, 1.807) is 5.57 Å². The molecule has 4 rings (SSSR count). The van der Waals surface area contributed by atoms with Crippen molar-refractivity contribution in [3.05, 3.63) is 11.6 Å². The average molecular weight is 218 g/mol. The Kier molecular flexibility index (Phi) is 1.73. The third-order valence-corrected chi connectivity index (χ3v) is 6.37. The molecule has 3 atom stereocenters. The molecule has 0 heterocycles. The van der Waals surface area contributed by atoms with E-state index < -0.39 is 0 Å². The molecular formula is C15H22O. The van der Waals surface area contributed by atoms with E-state index in [9.17, 15) is 4.79 Å². The predicted octanol–water partition coefficient (Wildman–Crippen LogP) is 3.74. The molecule has 3 fully saturated rings. The number of fused-ring (bicyclic) bond motifs is 2. The molecule has 1 nitrogen and oxygen atoms in total. The number of ketones is 1. The maximum atomic E-state index is 12.4. The van der Waals surface area contributed by atoms with Gasteiger partial charge in [0.1, 0.15) is 5.78 Å². The number of carbonyl (C=O) groups is 1. The van der Waals surface area contributed by atoms with Crippen LogP contribution in [-0.2, 0) is 4.79 Å². The summed E-state index contributed by atoms with van der Waals surface area (Å²) in [6.45, 7) is 9.12. The highest BCUT2D eigenvalue weighted by molar-refractivity contribution is 5.90. The zero-order chi connectivity index (χ0) is 11.8. The average Bonchev–Trinajstić information content (AvgIpc) is 2.51. The number of hydrogen-bond donors (Lipinski definition) is 0. The van der Waals surface area contributed by atoms with Gasteiger partial charge in [0.15, 0.2) is 0 Å². The molecule has 1 heteroatoms. The molecular weight excluding hydrogens is 196 g/mol. The van der Waals surface area contributed by atoms with Crippen molar-refractivity contribution in [2.45, 2.75) is 53.4 Å². The number of allylic oxidation sites excluding steroid dienone is 2. The van der Waals surface area contributed by atoms with E-state index >= 15 is 0 Å². The van der Waals surface area contributed by atoms with Crippen LogP contribution in [-0.4, -0.2) is 5.78 Å². The van der Waals surface area contributed by atoms with Gasteiger partial charge in [-0.3, -0.25) is 4.79 Å². The van der Waals surface area contributed by atoms with Gasteiger partial charge in [-0.2, -0.15) is 0 Å². The van der Waals surface area contributed by atoms with Gasteiger partial charge in [0.25, 0.3) is 0 Å². The minimum atomic E-state index is -0.0926. The summed E-state index contributed by atoms with van der Waals surface area (Å²) in [5.74, 6) is 1.20. The Morgan fingerprint density at radius 2 is 1.94 bits per heavy atom. The zero-order valence-corrected chi connectivity index (χ0v) is 10.9. The SMILES string of the molecule is CC1CC=C2C(C)(C)[C@@]3(C)CC[C@]21CC3=O. The predicted molar refractivity (Wildman–Crippen MR) is 65.0 cm³/mol. The van der Waals surface area contributed by atoms with E-state index in [1.165, 1.54) is 12.8 Å². The molecule has 0 aliphatic heterocycles. The Hall–Kier alpha value is -0.590. The molecule has 4 aliphatic rings. The van der Waals surface area contributed by atoms with Gasteiger partial charge in [-0.1, -0.05) is 39.3 Å². The summed E-state index contributed by atoms with van der Waals surface area (Å²) in [7, 11) is 0. The van der Waals surface area contributed by atoms with Crippen molar-refractivity contribution in [2.75, 3.05) is 0 Å². The minimum Gasteiger partial charge on any atom is -0.299 e. The van der Waals surface area contributed by atoms with Gasteiger partial charge >= 0.3 is 0 Å². The normalized spacial score (nSPS) is 49.1. The summed E-state index contributed by atoms with van der Waals surface area (Å²) in [6.07, 6.45) is 6.79. The second-order valence-electron chi connectivity index (χ2n) is 6.97. The maximum Gasteiger partial charge on any atom is 0.140 e. The Balaban J connectivity index is 2.21. The number of Topliss-reactive ketones (excluding diaryl/α,β-unsaturated/α-hetero) is 1. The van der Waals surface area contributed by atoms with Gasteiger partial charge in [0, 0.05) is 17.3 Å². The third kappa shape index (κ3) is 0.846. The maximum absolute atomic E-state index is 12.4. The molecule has 16 heavy (non-hydrogen) atoms. The fourth-order valence-corrected chi connectivity index (χ4v) is 4.66. The molecule has 4 aliphatic carbocycles. The number of carbonyl (C=O) groups excluding carboxylic acids is 1. The second-order valence-corrected chi connectivity index (χ2v) is 6.97. The van der Waals surface area contributed by atoms with E-state index in [1.807, 2.05) is 0 Å². The Morgan fingerprint density at radius 1 is 1.25 bits per heavy atom. The highest BCUT2D eigenvalue weighted by Gasteiger charge is 2.65. The fraction of sp³-hybridized carbons (Fsp3) is 0.800. The molecule has 0 aromatic heterocycles. The quantitative estimate of drug-likeness (QED) is 0.566. The molecule has 0 N–H and O–H groups in total. The summed E-state index contributed by atoms with van der Waals surface area (Å²) < 4.78 is 0. The van der Waals surface area contributed by atoms with Crippen LogP contribution in [0.25, 0.3) is 0 Å². The van der Waals surface area contributed by atoms with Crippen LogP contribution in [0.3, 0.4) is 0 Å². The smallest absolute Gasteiger partial charge is 0.140 e. The van der Waals surface area contributed by atoms with Crippen LogP contribution in [0.5, 0.6) is 0 Å². The number of hydrogen-bond acceptors (Lipinski definition) is 1. The van der Waals surface area contributed by atoms with Crippen LogP contribution in [0.2, 0.25) is 0 Å². The molecule has 3 saturated carbocycles. The summed E-state index contributed by atoms with van der Waals surface area (Å²) in [6, 6.07) is 0. The van der Waals surface area contributed by atoms with E-state index in [2.05, 4.69) is 33.8 Å². The van der Waals surface area contributed by atoms with Gasteiger partial charge in [0.2, 0.25) is 0 Å². The first-order valence-electron chi connectivity index (χ1n) is 6.59. The zero-order valence-electron chi connectivity index (χ0n) is 10.9. The Bertz CT molecular complexity index is 404. The van der Waals surface area contributed by atoms with Crippen molar-refractivity contribution >= 4 is 5.78 Å². The molecule has 0 saturated heterocycles. The van der Waals surface area contributed by atoms with E-state index in [0.717, 1.165) is 12.8 Å². The van der Waals surface area contributed by atoms with Crippen molar-refractivity contribution in [3.8, 4) is 0 Å². The molecule has 1 spiro atoms. The largest absolute Gasteiger partial charge is 0.299 e. The first-order chi connectivity index (χ1) is 7.34. The number of rotatable bonds is 0. The Labute approximate surface area is 98.3 Å². The highest BCUT2D eigenvalue weighted by Crippen LogP contribution is 2.70. The van der Waals surface area contributed by atoms with E-state index in [-0.39, 0.29) is 16.2 Å². The van der Waals surface area contributed by atoms with Crippen LogP contribution in [0, 0.1) is 22.2 Å². The Morgan fingerprint density at radius 3 is 2.56 bits per heavy atom. The summed E-state index contributed by atoms with van der Waals surface area (Å²) in [5, 5.41) is 0. The lowest BCUT2D eigenvalue weighted by molar-refractivity contribution is -0.151. The topological polar surface area (TPSA) is 17.1 Å². The molecule has 0 amide bonds. The summed E-state index contributed by atoms with van der Waals surface area (Å²) in [4.78, 5) is 12.4. The minimum absolute atomic E-state index is 0.0886. The van der Waals surface area contributed by atoms with Crippen molar-refractivity contribution in [1.29, 1.82) is 0 Å². The lowest BCUT2D eigenvalue weighted by Crippen LogP contribution is -2.58. The van der Waals surface area contributed by atoms with Crippen molar-refractivity contribution in [3.63, 3.8) is 0 Å². The molecule has 0 radical (unpaired) electrons. The van der Waals surface area contributed by atoms with Crippen molar-refractivity contribution in [2.24, 2.45) is 22.2 Å². The van der Waals surface area contributed by atoms with Gasteiger partial charge in [-0.25, -0.2) is 0 Å². The molecule has 0 aromatic rings. The molecule has 88 valence electrons. The van der Waals surface area contributed by atoms with Gasteiger partial charge < -0.3 is 0 Å². The van der Waals surface area contributed by atoms with Crippen molar-refractivity contribution < 1.29 is 4.79 Å². The van der Waals surface area contributed by atoms with Gasteiger partial charge in [-0.05, 0) is 30.6 Å². The van der Waals surface area contributed by atoms with Crippen LogP contribution in [0.15, 0.2) is 11.6 Å². The lowest BCUT2D eigenvalue weighted by Gasteiger charge is -2.61. The first-order valence-corrected chi connectivity index (χ1v) is 6.59. The molecule has 1 unspecified atom stereocenters.